The molecule has 0 saturated heterocycles. The van der Waals surface area contributed by atoms with E-state index < -0.39 is 0 Å². The standard InChI is InChI=1S/C14H18N2O2/c1-10-5-6-13(12(7-10)8-15)16(3)9-11(2)14(17)18-4/h5-7,11H,9H2,1-4H3. The van der Waals surface area contributed by atoms with Crippen molar-refractivity contribution in [1.82, 2.24) is 0 Å². The Kier molecular flexibility index (Phi) is 4.73. The van der Waals surface area contributed by atoms with Gasteiger partial charge in [0.1, 0.15) is 6.07 Å². The van der Waals surface area contributed by atoms with Crippen LogP contribution in [0.5, 0.6) is 0 Å². The molecule has 0 amide bonds. The molecule has 1 rings (SSSR count). The number of hydrogen-bond acceptors (Lipinski definition) is 4. The molecule has 4 nitrogen and oxygen atoms in total. The van der Waals surface area contributed by atoms with Crippen LogP contribution in [0.3, 0.4) is 0 Å². The van der Waals surface area contributed by atoms with Gasteiger partial charge < -0.3 is 9.64 Å². The molecule has 96 valence electrons. The molecule has 1 aromatic rings. The maximum Gasteiger partial charge on any atom is 0.310 e. The molecule has 0 aromatic heterocycles. The van der Waals surface area contributed by atoms with Gasteiger partial charge in [-0.05, 0) is 24.6 Å². The molecule has 0 aliphatic rings. The maximum absolute atomic E-state index is 11.4. The summed E-state index contributed by atoms with van der Waals surface area (Å²) >= 11 is 0. The summed E-state index contributed by atoms with van der Waals surface area (Å²) in [5.74, 6) is -0.472. The third kappa shape index (κ3) is 3.24. The Morgan fingerprint density at radius 2 is 2.22 bits per heavy atom. The van der Waals surface area contributed by atoms with Crippen molar-refractivity contribution in [1.29, 1.82) is 5.26 Å². The Hall–Kier alpha value is -2.02. The zero-order valence-electron chi connectivity index (χ0n) is 11.2. The van der Waals surface area contributed by atoms with Crippen LogP contribution in [0.2, 0.25) is 0 Å². The van der Waals surface area contributed by atoms with Crippen molar-refractivity contribution in [3.05, 3.63) is 29.3 Å². The number of hydrogen-bond donors (Lipinski definition) is 0. The summed E-state index contributed by atoms with van der Waals surface area (Å²) in [7, 11) is 3.25. The fraction of sp³-hybridized carbons (Fsp3) is 0.429. The molecular formula is C14H18N2O2. The number of rotatable bonds is 4. The highest BCUT2D eigenvalue weighted by atomic mass is 16.5. The molecule has 1 atom stereocenters. The Bertz CT molecular complexity index is 477. The molecule has 1 aromatic carbocycles. The van der Waals surface area contributed by atoms with Crippen LogP contribution in [-0.2, 0) is 9.53 Å². The number of nitrogens with zero attached hydrogens (tertiary/aromatic N) is 2. The first-order chi connectivity index (χ1) is 8.49. The SMILES string of the molecule is COC(=O)C(C)CN(C)c1ccc(C)cc1C#N. The van der Waals surface area contributed by atoms with Crippen LogP contribution in [0.1, 0.15) is 18.1 Å². The second-order valence-electron chi connectivity index (χ2n) is 4.44. The minimum atomic E-state index is -0.243. The molecule has 0 saturated carbocycles. The fourth-order valence-corrected chi connectivity index (χ4v) is 1.86. The predicted octanol–water partition coefficient (Wildman–Crippen LogP) is 2.11. The van der Waals surface area contributed by atoms with Crippen molar-refractivity contribution in [3.8, 4) is 6.07 Å². The monoisotopic (exact) mass is 246 g/mol. The first-order valence-electron chi connectivity index (χ1n) is 5.79. The molecule has 1 unspecified atom stereocenters. The zero-order valence-corrected chi connectivity index (χ0v) is 11.2. The van der Waals surface area contributed by atoms with E-state index in [4.69, 9.17) is 10.00 Å². The van der Waals surface area contributed by atoms with E-state index in [0.29, 0.717) is 12.1 Å². The van der Waals surface area contributed by atoms with Crippen LogP contribution in [-0.4, -0.2) is 26.7 Å². The van der Waals surface area contributed by atoms with Crippen molar-refractivity contribution in [2.45, 2.75) is 13.8 Å². The summed E-state index contributed by atoms with van der Waals surface area (Å²) in [5.41, 5.74) is 2.50. The minimum absolute atomic E-state index is 0.229. The van der Waals surface area contributed by atoms with E-state index in [2.05, 4.69) is 6.07 Å². The molecule has 0 heterocycles. The van der Waals surface area contributed by atoms with Gasteiger partial charge in [0, 0.05) is 13.6 Å². The first-order valence-corrected chi connectivity index (χ1v) is 5.79. The number of aryl methyl sites for hydroxylation is 1. The lowest BCUT2D eigenvalue weighted by Gasteiger charge is -2.23. The van der Waals surface area contributed by atoms with Gasteiger partial charge in [-0.1, -0.05) is 13.0 Å². The van der Waals surface area contributed by atoms with Crippen molar-refractivity contribution < 1.29 is 9.53 Å². The van der Waals surface area contributed by atoms with Crippen LogP contribution in [0.15, 0.2) is 18.2 Å². The molecule has 0 fully saturated rings. The van der Waals surface area contributed by atoms with Crippen molar-refractivity contribution in [3.63, 3.8) is 0 Å². The third-order valence-electron chi connectivity index (χ3n) is 2.84. The lowest BCUT2D eigenvalue weighted by molar-refractivity contribution is -0.144. The predicted molar refractivity (Wildman–Crippen MR) is 70.3 cm³/mol. The Balaban J connectivity index is 2.88. The average molecular weight is 246 g/mol. The normalized spacial score (nSPS) is 11.5. The quantitative estimate of drug-likeness (QED) is 0.763. The van der Waals surface area contributed by atoms with Crippen LogP contribution in [0, 0.1) is 24.2 Å². The van der Waals surface area contributed by atoms with Gasteiger partial charge in [-0.2, -0.15) is 5.26 Å². The Labute approximate surface area is 108 Å². The summed E-state index contributed by atoms with van der Waals surface area (Å²) in [5, 5.41) is 9.11. The summed E-state index contributed by atoms with van der Waals surface area (Å²) in [6, 6.07) is 7.87. The van der Waals surface area contributed by atoms with Crippen LogP contribution in [0.4, 0.5) is 5.69 Å². The Morgan fingerprint density at radius 1 is 1.56 bits per heavy atom. The highest BCUT2D eigenvalue weighted by molar-refractivity contribution is 5.73. The van der Waals surface area contributed by atoms with E-state index in [9.17, 15) is 4.79 Å². The van der Waals surface area contributed by atoms with E-state index in [1.165, 1.54) is 7.11 Å². The van der Waals surface area contributed by atoms with Gasteiger partial charge in [-0.25, -0.2) is 0 Å². The van der Waals surface area contributed by atoms with Gasteiger partial charge >= 0.3 is 5.97 Å². The number of carbonyl (C=O) groups is 1. The van der Waals surface area contributed by atoms with Crippen LogP contribution < -0.4 is 4.90 Å². The summed E-state index contributed by atoms with van der Waals surface area (Å²) < 4.78 is 4.69. The number of benzene rings is 1. The number of esters is 1. The lowest BCUT2D eigenvalue weighted by atomic mass is 10.1. The van der Waals surface area contributed by atoms with Gasteiger partial charge in [-0.15, -0.1) is 0 Å². The molecule has 0 N–H and O–H groups in total. The average Bonchev–Trinajstić information content (AvgIpc) is 2.37. The molecule has 0 radical (unpaired) electrons. The number of ether oxygens (including phenoxy) is 1. The first kappa shape index (κ1) is 14.0. The number of nitriles is 1. The smallest absolute Gasteiger partial charge is 0.310 e. The highest BCUT2D eigenvalue weighted by Gasteiger charge is 2.17. The topological polar surface area (TPSA) is 53.3 Å². The molecule has 0 bridgehead atoms. The minimum Gasteiger partial charge on any atom is -0.469 e. The largest absolute Gasteiger partial charge is 0.469 e. The summed E-state index contributed by atoms with van der Waals surface area (Å²) in [4.78, 5) is 13.3. The van der Waals surface area contributed by atoms with E-state index in [1.807, 2.05) is 44.0 Å². The van der Waals surface area contributed by atoms with Gasteiger partial charge in [0.2, 0.25) is 0 Å². The molecule has 18 heavy (non-hydrogen) atoms. The van der Waals surface area contributed by atoms with Gasteiger partial charge in [-0.3, -0.25) is 4.79 Å². The second-order valence-corrected chi connectivity index (χ2v) is 4.44. The molecule has 0 aliphatic carbocycles. The van der Waals surface area contributed by atoms with E-state index in [1.54, 1.807) is 0 Å². The zero-order chi connectivity index (χ0) is 13.7. The molecule has 0 aliphatic heterocycles. The van der Waals surface area contributed by atoms with Crippen molar-refractivity contribution >= 4 is 11.7 Å². The van der Waals surface area contributed by atoms with Crippen LogP contribution in [0.25, 0.3) is 0 Å². The molecule has 4 heteroatoms. The Morgan fingerprint density at radius 3 is 2.78 bits per heavy atom. The van der Waals surface area contributed by atoms with Crippen molar-refractivity contribution in [2.24, 2.45) is 5.92 Å². The number of carbonyl (C=O) groups excluding carboxylic acids is 1. The van der Waals surface area contributed by atoms with E-state index in [-0.39, 0.29) is 11.9 Å². The third-order valence-corrected chi connectivity index (χ3v) is 2.84. The molecular weight excluding hydrogens is 228 g/mol. The van der Waals surface area contributed by atoms with Gasteiger partial charge in [0.15, 0.2) is 0 Å². The molecule has 0 spiro atoms. The maximum atomic E-state index is 11.4. The van der Waals surface area contributed by atoms with E-state index in [0.717, 1.165) is 11.3 Å². The lowest BCUT2D eigenvalue weighted by Crippen LogP contribution is -2.29. The summed E-state index contributed by atoms with van der Waals surface area (Å²) in [6.45, 7) is 4.27. The van der Waals surface area contributed by atoms with Gasteiger partial charge in [0.05, 0.1) is 24.3 Å². The van der Waals surface area contributed by atoms with Crippen LogP contribution >= 0.6 is 0 Å². The van der Waals surface area contributed by atoms with E-state index >= 15 is 0 Å². The highest BCUT2D eigenvalue weighted by Crippen LogP contribution is 2.21. The van der Waals surface area contributed by atoms with Gasteiger partial charge in [0.25, 0.3) is 0 Å². The fourth-order valence-electron chi connectivity index (χ4n) is 1.86. The number of anilines is 1. The summed E-state index contributed by atoms with van der Waals surface area (Å²) in [6.07, 6.45) is 0. The van der Waals surface area contributed by atoms with Crippen molar-refractivity contribution in [2.75, 3.05) is 25.6 Å². The number of methoxy groups -OCH3 is 1. The second kappa shape index (κ2) is 6.06.